The number of nitrogens with one attached hydrogen (secondary N) is 2. The van der Waals surface area contributed by atoms with Gasteiger partial charge in [0.1, 0.15) is 0 Å². The van der Waals surface area contributed by atoms with Gasteiger partial charge >= 0.3 is 5.97 Å². The quantitative estimate of drug-likeness (QED) is 0.631. The number of amides is 1. The van der Waals surface area contributed by atoms with Crippen LogP contribution in [0.2, 0.25) is 5.02 Å². The van der Waals surface area contributed by atoms with Crippen LogP contribution < -0.4 is 10.6 Å². The van der Waals surface area contributed by atoms with Gasteiger partial charge in [0.25, 0.3) is 0 Å². The number of carboxylic acid groups (broad SMARTS) is 1. The van der Waals surface area contributed by atoms with Crippen molar-refractivity contribution in [2.45, 2.75) is 19.4 Å². The van der Waals surface area contributed by atoms with E-state index in [-0.39, 0.29) is 18.9 Å². The Bertz CT molecular complexity index is 420. The highest BCUT2D eigenvalue weighted by Gasteiger charge is 2.01. The molecule has 0 heterocycles. The lowest BCUT2D eigenvalue weighted by molar-refractivity contribution is -0.137. The molecule has 0 aliphatic carbocycles. The van der Waals surface area contributed by atoms with Crippen molar-refractivity contribution < 1.29 is 14.7 Å². The van der Waals surface area contributed by atoms with Gasteiger partial charge in [0.15, 0.2) is 0 Å². The average Bonchev–Trinajstić information content (AvgIpc) is 2.37. The fourth-order valence-corrected chi connectivity index (χ4v) is 1.56. The standard InChI is InChI=1S/C13H17ClN2O3/c14-11-5-3-10(4-6-11)8-16-12(17)9-15-7-1-2-13(18)19/h3-6,15H,1-2,7-9H2,(H,16,17)(H,18,19). The number of benzene rings is 1. The van der Waals surface area contributed by atoms with Gasteiger partial charge in [0, 0.05) is 18.0 Å². The molecule has 0 aromatic heterocycles. The van der Waals surface area contributed by atoms with Gasteiger partial charge < -0.3 is 15.7 Å². The van der Waals surface area contributed by atoms with Gasteiger partial charge in [-0.3, -0.25) is 9.59 Å². The highest BCUT2D eigenvalue weighted by atomic mass is 35.5. The van der Waals surface area contributed by atoms with E-state index in [4.69, 9.17) is 16.7 Å². The summed E-state index contributed by atoms with van der Waals surface area (Å²) >= 11 is 5.76. The summed E-state index contributed by atoms with van der Waals surface area (Å²) in [5, 5.41) is 14.7. The third kappa shape index (κ3) is 7.43. The number of halogens is 1. The van der Waals surface area contributed by atoms with E-state index in [0.29, 0.717) is 24.5 Å². The minimum Gasteiger partial charge on any atom is -0.481 e. The fourth-order valence-electron chi connectivity index (χ4n) is 1.43. The van der Waals surface area contributed by atoms with E-state index in [1.165, 1.54) is 0 Å². The van der Waals surface area contributed by atoms with Gasteiger partial charge in [-0.15, -0.1) is 0 Å². The topological polar surface area (TPSA) is 78.4 Å². The maximum atomic E-state index is 11.5. The second kappa shape index (κ2) is 8.50. The molecule has 0 aliphatic rings. The number of carbonyl (C=O) groups excluding carboxylic acids is 1. The number of hydrogen-bond donors (Lipinski definition) is 3. The molecular formula is C13H17ClN2O3. The smallest absolute Gasteiger partial charge is 0.303 e. The van der Waals surface area contributed by atoms with Crippen LogP contribution in [0.4, 0.5) is 0 Å². The zero-order chi connectivity index (χ0) is 14.1. The van der Waals surface area contributed by atoms with Crippen molar-refractivity contribution in [3.05, 3.63) is 34.9 Å². The summed E-state index contributed by atoms with van der Waals surface area (Å²) in [6, 6.07) is 7.24. The van der Waals surface area contributed by atoms with Crippen molar-refractivity contribution in [2.75, 3.05) is 13.1 Å². The van der Waals surface area contributed by atoms with Gasteiger partial charge in [0.2, 0.25) is 5.91 Å². The molecule has 6 heteroatoms. The zero-order valence-corrected chi connectivity index (χ0v) is 11.2. The van der Waals surface area contributed by atoms with Crippen molar-refractivity contribution in [3.63, 3.8) is 0 Å². The first-order chi connectivity index (χ1) is 9.08. The number of hydrogen-bond acceptors (Lipinski definition) is 3. The summed E-state index contributed by atoms with van der Waals surface area (Å²) in [4.78, 5) is 21.7. The van der Waals surface area contributed by atoms with E-state index >= 15 is 0 Å². The van der Waals surface area contributed by atoms with Crippen LogP contribution in [0, 0.1) is 0 Å². The van der Waals surface area contributed by atoms with Crippen molar-refractivity contribution in [3.8, 4) is 0 Å². The Morgan fingerprint density at radius 1 is 1.21 bits per heavy atom. The first kappa shape index (κ1) is 15.5. The van der Waals surface area contributed by atoms with Gasteiger partial charge in [-0.05, 0) is 30.7 Å². The van der Waals surface area contributed by atoms with Crippen LogP contribution in [-0.2, 0) is 16.1 Å². The summed E-state index contributed by atoms with van der Waals surface area (Å²) in [6.07, 6.45) is 0.624. The molecule has 1 aromatic carbocycles. The average molecular weight is 285 g/mol. The molecule has 0 aliphatic heterocycles. The van der Waals surface area contributed by atoms with Gasteiger partial charge in [-0.2, -0.15) is 0 Å². The SMILES string of the molecule is O=C(O)CCCNCC(=O)NCc1ccc(Cl)cc1. The third-order valence-corrected chi connectivity index (χ3v) is 2.68. The van der Waals surface area contributed by atoms with Crippen LogP contribution in [0.15, 0.2) is 24.3 Å². The van der Waals surface area contributed by atoms with Crippen LogP contribution in [0.1, 0.15) is 18.4 Å². The first-order valence-electron chi connectivity index (χ1n) is 6.01. The molecule has 0 bridgehead atoms. The molecule has 0 saturated heterocycles. The van der Waals surface area contributed by atoms with Crippen molar-refractivity contribution in [2.24, 2.45) is 0 Å². The number of aliphatic carboxylic acids is 1. The number of carboxylic acids is 1. The molecular weight excluding hydrogens is 268 g/mol. The van der Waals surface area contributed by atoms with Crippen LogP contribution in [0.5, 0.6) is 0 Å². The molecule has 1 amide bonds. The predicted octanol–water partition coefficient (Wildman–Crippen LogP) is 1.41. The summed E-state index contributed by atoms with van der Waals surface area (Å²) in [5.74, 6) is -0.945. The lowest BCUT2D eigenvalue weighted by atomic mass is 10.2. The molecule has 0 saturated carbocycles. The second-order valence-corrected chi connectivity index (χ2v) is 4.51. The molecule has 0 fully saturated rings. The van der Waals surface area contributed by atoms with Crippen LogP contribution in [0.25, 0.3) is 0 Å². The highest BCUT2D eigenvalue weighted by Crippen LogP contribution is 2.08. The molecule has 1 rings (SSSR count). The lowest BCUT2D eigenvalue weighted by Gasteiger charge is -2.06. The monoisotopic (exact) mass is 284 g/mol. The fraction of sp³-hybridized carbons (Fsp3) is 0.385. The maximum absolute atomic E-state index is 11.5. The van der Waals surface area contributed by atoms with Gasteiger partial charge in [-0.25, -0.2) is 0 Å². The summed E-state index contributed by atoms with van der Waals surface area (Å²) in [5.41, 5.74) is 0.976. The van der Waals surface area contributed by atoms with E-state index in [9.17, 15) is 9.59 Å². The normalized spacial score (nSPS) is 10.2. The van der Waals surface area contributed by atoms with Gasteiger partial charge in [-0.1, -0.05) is 23.7 Å². The second-order valence-electron chi connectivity index (χ2n) is 4.08. The lowest BCUT2D eigenvalue weighted by Crippen LogP contribution is -2.34. The molecule has 0 unspecified atom stereocenters. The Labute approximate surface area is 117 Å². The molecule has 0 spiro atoms. The highest BCUT2D eigenvalue weighted by molar-refractivity contribution is 6.30. The minimum atomic E-state index is -0.825. The molecule has 0 atom stereocenters. The summed E-state index contributed by atoms with van der Waals surface area (Å²) < 4.78 is 0. The molecule has 5 nitrogen and oxygen atoms in total. The van der Waals surface area contributed by atoms with E-state index in [1.807, 2.05) is 12.1 Å². The summed E-state index contributed by atoms with van der Waals surface area (Å²) in [7, 11) is 0. The van der Waals surface area contributed by atoms with Crippen molar-refractivity contribution in [1.82, 2.24) is 10.6 Å². The molecule has 0 radical (unpaired) electrons. The largest absolute Gasteiger partial charge is 0.481 e. The maximum Gasteiger partial charge on any atom is 0.303 e. The van der Waals surface area contributed by atoms with Crippen LogP contribution >= 0.6 is 11.6 Å². The Kier molecular flexibility index (Phi) is 6.92. The zero-order valence-electron chi connectivity index (χ0n) is 10.5. The molecule has 104 valence electrons. The Balaban J connectivity index is 2.11. The molecule has 3 N–H and O–H groups in total. The van der Waals surface area contributed by atoms with Crippen molar-refractivity contribution in [1.29, 1.82) is 0 Å². The Morgan fingerprint density at radius 3 is 2.53 bits per heavy atom. The predicted molar refractivity (Wildman–Crippen MR) is 73.0 cm³/mol. The van der Waals surface area contributed by atoms with E-state index < -0.39 is 5.97 Å². The van der Waals surface area contributed by atoms with E-state index in [0.717, 1.165) is 5.56 Å². The van der Waals surface area contributed by atoms with Gasteiger partial charge in [0.05, 0.1) is 6.54 Å². The van der Waals surface area contributed by atoms with Crippen molar-refractivity contribution >= 4 is 23.5 Å². The van der Waals surface area contributed by atoms with E-state index in [2.05, 4.69) is 10.6 Å². The summed E-state index contributed by atoms with van der Waals surface area (Å²) in [6.45, 7) is 1.15. The number of carbonyl (C=O) groups is 2. The third-order valence-electron chi connectivity index (χ3n) is 2.43. The molecule has 1 aromatic rings. The molecule has 19 heavy (non-hydrogen) atoms. The number of rotatable bonds is 8. The van der Waals surface area contributed by atoms with E-state index in [1.54, 1.807) is 12.1 Å². The van der Waals surface area contributed by atoms with Crippen LogP contribution in [-0.4, -0.2) is 30.1 Å². The minimum absolute atomic E-state index is 0.111. The Morgan fingerprint density at radius 2 is 1.89 bits per heavy atom. The van der Waals surface area contributed by atoms with Crippen LogP contribution in [0.3, 0.4) is 0 Å². The first-order valence-corrected chi connectivity index (χ1v) is 6.39. The Hall–Kier alpha value is -1.59.